The number of carbonyl (C=O) groups excluding carboxylic acids is 1. The summed E-state index contributed by atoms with van der Waals surface area (Å²) in [5.74, 6) is 0.325. The smallest absolute Gasteiger partial charge is 0.255 e. The average Bonchev–Trinajstić information content (AvgIpc) is 2.41. The third kappa shape index (κ3) is 3.49. The van der Waals surface area contributed by atoms with Gasteiger partial charge >= 0.3 is 0 Å². The van der Waals surface area contributed by atoms with Gasteiger partial charge in [0, 0.05) is 21.1 Å². The number of hydrogen-bond donors (Lipinski definition) is 1. The van der Waals surface area contributed by atoms with Gasteiger partial charge in [0.2, 0.25) is 0 Å². The number of benzene rings is 2. The lowest BCUT2D eigenvalue weighted by molar-refractivity contribution is 0.102. The van der Waals surface area contributed by atoms with Crippen molar-refractivity contribution < 1.29 is 9.53 Å². The van der Waals surface area contributed by atoms with Crippen LogP contribution < -0.4 is 10.1 Å². The van der Waals surface area contributed by atoms with Crippen molar-refractivity contribution >= 4 is 39.1 Å². The Morgan fingerprint density at radius 3 is 2.53 bits per heavy atom. The van der Waals surface area contributed by atoms with E-state index in [1.807, 2.05) is 12.1 Å². The Bertz CT molecular complexity index is 599. The van der Waals surface area contributed by atoms with Crippen molar-refractivity contribution in [2.24, 2.45) is 0 Å². The first kappa shape index (κ1) is 13.9. The van der Waals surface area contributed by atoms with Crippen LogP contribution in [0.4, 0.5) is 5.69 Å². The van der Waals surface area contributed by atoms with Gasteiger partial charge in [-0.3, -0.25) is 4.79 Å². The number of halogens is 2. The van der Waals surface area contributed by atoms with E-state index in [1.54, 1.807) is 30.3 Å². The highest BCUT2D eigenvalue weighted by Crippen LogP contribution is 2.28. The maximum Gasteiger partial charge on any atom is 0.255 e. The van der Waals surface area contributed by atoms with Gasteiger partial charge in [-0.1, -0.05) is 27.5 Å². The quantitative estimate of drug-likeness (QED) is 0.901. The Morgan fingerprint density at radius 2 is 1.89 bits per heavy atom. The molecule has 0 saturated carbocycles. The third-order valence-electron chi connectivity index (χ3n) is 2.52. The van der Waals surface area contributed by atoms with E-state index in [0.29, 0.717) is 22.0 Å². The normalized spacial score (nSPS) is 10.1. The summed E-state index contributed by atoms with van der Waals surface area (Å²) < 4.78 is 6.10. The topological polar surface area (TPSA) is 38.3 Å². The van der Waals surface area contributed by atoms with Crippen molar-refractivity contribution in [1.82, 2.24) is 0 Å². The van der Waals surface area contributed by atoms with Crippen LogP contribution in [0.25, 0.3) is 0 Å². The molecule has 1 amide bonds. The monoisotopic (exact) mass is 339 g/mol. The van der Waals surface area contributed by atoms with E-state index in [0.717, 1.165) is 4.47 Å². The fourth-order valence-corrected chi connectivity index (χ4v) is 1.99. The van der Waals surface area contributed by atoms with E-state index in [-0.39, 0.29) is 5.91 Å². The van der Waals surface area contributed by atoms with Crippen molar-refractivity contribution in [3.8, 4) is 5.75 Å². The largest absolute Gasteiger partial charge is 0.495 e. The van der Waals surface area contributed by atoms with Crippen LogP contribution in [-0.4, -0.2) is 13.0 Å². The molecule has 0 heterocycles. The molecule has 0 unspecified atom stereocenters. The Morgan fingerprint density at radius 1 is 1.21 bits per heavy atom. The van der Waals surface area contributed by atoms with Crippen LogP contribution in [-0.2, 0) is 0 Å². The molecule has 2 aromatic rings. The predicted molar refractivity (Wildman–Crippen MR) is 80.1 cm³/mol. The lowest BCUT2D eigenvalue weighted by Crippen LogP contribution is -2.12. The fourth-order valence-electron chi connectivity index (χ4n) is 1.56. The second kappa shape index (κ2) is 6.08. The van der Waals surface area contributed by atoms with E-state index in [2.05, 4.69) is 21.2 Å². The molecule has 5 heteroatoms. The first-order valence-electron chi connectivity index (χ1n) is 5.50. The molecule has 2 rings (SSSR count). The Balaban J connectivity index is 2.21. The second-order valence-corrected chi connectivity index (χ2v) is 5.16. The van der Waals surface area contributed by atoms with E-state index in [9.17, 15) is 4.79 Å². The van der Waals surface area contributed by atoms with Crippen molar-refractivity contribution in [3.63, 3.8) is 0 Å². The number of anilines is 1. The number of nitrogens with one attached hydrogen (secondary N) is 1. The number of rotatable bonds is 3. The minimum absolute atomic E-state index is 0.201. The molecule has 0 aliphatic carbocycles. The SMILES string of the molecule is COc1cc(Cl)ccc1NC(=O)c1ccc(Br)cc1. The Hall–Kier alpha value is -1.52. The van der Waals surface area contributed by atoms with Crippen molar-refractivity contribution in [1.29, 1.82) is 0 Å². The summed E-state index contributed by atoms with van der Waals surface area (Å²) >= 11 is 9.19. The molecule has 1 N–H and O–H groups in total. The van der Waals surface area contributed by atoms with Crippen LogP contribution in [0.1, 0.15) is 10.4 Å². The van der Waals surface area contributed by atoms with Gasteiger partial charge in [0.1, 0.15) is 5.75 Å². The molecular formula is C14H11BrClNO2. The van der Waals surface area contributed by atoms with Crippen LogP contribution in [0.3, 0.4) is 0 Å². The highest BCUT2D eigenvalue weighted by atomic mass is 79.9. The number of hydrogen-bond acceptors (Lipinski definition) is 2. The highest BCUT2D eigenvalue weighted by molar-refractivity contribution is 9.10. The summed E-state index contributed by atoms with van der Waals surface area (Å²) in [4.78, 5) is 12.1. The molecule has 0 bridgehead atoms. The summed E-state index contributed by atoms with van der Waals surface area (Å²) in [6, 6.07) is 12.2. The van der Waals surface area contributed by atoms with Crippen LogP contribution in [0.2, 0.25) is 5.02 Å². The van der Waals surface area contributed by atoms with Crippen LogP contribution in [0.15, 0.2) is 46.9 Å². The summed E-state index contributed by atoms with van der Waals surface area (Å²) in [5.41, 5.74) is 1.15. The van der Waals surface area contributed by atoms with Gasteiger partial charge < -0.3 is 10.1 Å². The average molecular weight is 341 g/mol. The lowest BCUT2D eigenvalue weighted by atomic mass is 10.2. The van der Waals surface area contributed by atoms with Gasteiger partial charge in [0.25, 0.3) is 5.91 Å². The van der Waals surface area contributed by atoms with Gasteiger partial charge in [0.05, 0.1) is 12.8 Å². The van der Waals surface area contributed by atoms with Gasteiger partial charge in [-0.2, -0.15) is 0 Å². The molecule has 0 aromatic heterocycles. The Labute approximate surface area is 124 Å². The molecule has 19 heavy (non-hydrogen) atoms. The Kier molecular flexibility index (Phi) is 4.45. The second-order valence-electron chi connectivity index (χ2n) is 3.81. The maximum absolute atomic E-state index is 12.1. The first-order valence-corrected chi connectivity index (χ1v) is 6.67. The number of ether oxygens (including phenoxy) is 1. The molecule has 0 aliphatic rings. The van der Waals surface area contributed by atoms with Gasteiger partial charge in [-0.05, 0) is 36.4 Å². The maximum atomic E-state index is 12.1. The molecule has 0 aliphatic heterocycles. The summed E-state index contributed by atoms with van der Waals surface area (Å²) in [6.45, 7) is 0. The minimum atomic E-state index is -0.201. The zero-order chi connectivity index (χ0) is 13.8. The van der Waals surface area contributed by atoms with Gasteiger partial charge in [-0.15, -0.1) is 0 Å². The molecule has 0 saturated heterocycles. The molecule has 3 nitrogen and oxygen atoms in total. The van der Waals surface area contributed by atoms with Crippen molar-refractivity contribution in [3.05, 3.63) is 57.5 Å². The third-order valence-corrected chi connectivity index (χ3v) is 3.28. The van der Waals surface area contributed by atoms with E-state index in [4.69, 9.17) is 16.3 Å². The van der Waals surface area contributed by atoms with Crippen LogP contribution in [0.5, 0.6) is 5.75 Å². The fraction of sp³-hybridized carbons (Fsp3) is 0.0714. The van der Waals surface area contributed by atoms with Crippen molar-refractivity contribution in [2.75, 3.05) is 12.4 Å². The number of carbonyl (C=O) groups is 1. The van der Waals surface area contributed by atoms with Crippen LogP contribution >= 0.6 is 27.5 Å². The predicted octanol–water partition coefficient (Wildman–Crippen LogP) is 4.36. The molecule has 0 fully saturated rings. The zero-order valence-electron chi connectivity index (χ0n) is 10.1. The van der Waals surface area contributed by atoms with Crippen LogP contribution in [0, 0.1) is 0 Å². The zero-order valence-corrected chi connectivity index (χ0v) is 12.5. The molecule has 0 radical (unpaired) electrons. The van der Waals surface area contributed by atoms with Gasteiger partial charge in [-0.25, -0.2) is 0 Å². The first-order chi connectivity index (χ1) is 9.10. The minimum Gasteiger partial charge on any atom is -0.495 e. The number of amides is 1. The summed E-state index contributed by atoms with van der Waals surface area (Å²) in [5, 5.41) is 3.34. The van der Waals surface area contributed by atoms with E-state index < -0.39 is 0 Å². The number of methoxy groups -OCH3 is 1. The lowest BCUT2D eigenvalue weighted by Gasteiger charge is -2.10. The van der Waals surface area contributed by atoms with Crippen molar-refractivity contribution in [2.45, 2.75) is 0 Å². The highest BCUT2D eigenvalue weighted by Gasteiger charge is 2.09. The standard InChI is InChI=1S/C14H11BrClNO2/c1-19-13-8-11(16)6-7-12(13)17-14(18)9-2-4-10(15)5-3-9/h2-8H,1H3,(H,17,18). The molecule has 0 atom stereocenters. The molecular weight excluding hydrogens is 330 g/mol. The molecule has 2 aromatic carbocycles. The summed E-state index contributed by atoms with van der Waals surface area (Å²) in [6.07, 6.45) is 0. The summed E-state index contributed by atoms with van der Waals surface area (Å²) in [7, 11) is 1.53. The molecule has 0 spiro atoms. The van der Waals surface area contributed by atoms with Gasteiger partial charge in [0.15, 0.2) is 0 Å². The van der Waals surface area contributed by atoms with E-state index >= 15 is 0 Å². The van der Waals surface area contributed by atoms with E-state index in [1.165, 1.54) is 7.11 Å². The molecule has 98 valence electrons.